The Hall–Kier alpha value is -1.84. The zero-order chi connectivity index (χ0) is 10.1. The van der Waals surface area contributed by atoms with Gasteiger partial charge in [0, 0.05) is 6.20 Å². The number of nitrogen functional groups attached to an aromatic ring is 1. The Kier molecular flexibility index (Phi) is 1.96. The van der Waals surface area contributed by atoms with E-state index in [1.807, 2.05) is 32.2 Å². The minimum atomic E-state index is 0.468. The van der Waals surface area contributed by atoms with Crippen LogP contribution in [0.15, 0.2) is 18.3 Å². The number of aryl methyl sites for hydroxylation is 2. The van der Waals surface area contributed by atoms with E-state index in [1.165, 1.54) is 0 Å². The summed E-state index contributed by atoms with van der Waals surface area (Å²) in [6.45, 7) is 3.82. The van der Waals surface area contributed by atoms with E-state index in [0.29, 0.717) is 5.82 Å². The fourth-order valence-electron chi connectivity index (χ4n) is 1.30. The van der Waals surface area contributed by atoms with Gasteiger partial charge < -0.3 is 10.7 Å². The molecule has 0 aliphatic heterocycles. The van der Waals surface area contributed by atoms with E-state index in [2.05, 4.69) is 15.0 Å². The summed E-state index contributed by atoms with van der Waals surface area (Å²) in [5.74, 6) is 0.468. The first-order valence-electron chi connectivity index (χ1n) is 4.43. The molecule has 0 fully saturated rings. The van der Waals surface area contributed by atoms with Crippen molar-refractivity contribution in [2.24, 2.45) is 0 Å². The minimum absolute atomic E-state index is 0.468. The smallest absolute Gasteiger partial charge is 0.151 e. The Balaban J connectivity index is 2.60. The van der Waals surface area contributed by atoms with Crippen molar-refractivity contribution in [3.63, 3.8) is 0 Å². The Morgan fingerprint density at radius 3 is 2.57 bits per heavy atom. The number of hydrogen-bond donors (Lipinski definition) is 2. The maximum absolute atomic E-state index is 5.79. The van der Waals surface area contributed by atoms with Crippen LogP contribution in [0.1, 0.15) is 11.4 Å². The van der Waals surface area contributed by atoms with Crippen molar-refractivity contribution >= 4 is 5.82 Å². The Morgan fingerprint density at radius 2 is 1.93 bits per heavy atom. The number of nitrogens with two attached hydrogens (primary N) is 1. The molecular formula is C10H12N4. The molecule has 0 radical (unpaired) electrons. The Bertz CT molecular complexity index is 445. The molecule has 72 valence electrons. The van der Waals surface area contributed by atoms with Crippen LogP contribution in [0.4, 0.5) is 5.82 Å². The van der Waals surface area contributed by atoms with Gasteiger partial charge in [0.25, 0.3) is 0 Å². The van der Waals surface area contributed by atoms with Crippen LogP contribution in [0.2, 0.25) is 0 Å². The number of H-pyrrole nitrogens is 1. The number of hydrogen-bond acceptors (Lipinski definition) is 3. The second kappa shape index (κ2) is 3.14. The average Bonchev–Trinajstić information content (AvgIpc) is 2.64. The molecule has 2 aromatic rings. The summed E-state index contributed by atoms with van der Waals surface area (Å²) < 4.78 is 0. The third kappa shape index (κ3) is 1.35. The summed E-state index contributed by atoms with van der Waals surface area (Å²) in [5.41, 5.74) is 9.19. The van der Waals surface area contributed by atoms with Gasteiger partial charge in [0.1, 0.15) is 5.69 Å². The molecule has 0 bridgehead atoms. The molecule has 2 aromatic heterocycles. The molecule has 0 unspecified atom stereocenters. The van der Waals surface area contributed by atoms with Gasteiger partial charge in [-0.25, -0.2) is 9.97 Å². The van der Waals surface area contributed by atoms with Gasteiger partial charge in [-0.1, -0.05) is 0 Å². The first-order valence-corrected chi connectivity index (χ1v) is 4.43. The molecule has 0 aliphatic carbocycles. The summed E-state index contributed by atoms with van der Waals surface area (Å²) in [6, 6.07) is 3.83. The van der Waals surface area contributed by atoms with Crippen molar-refractivity contribution in [1.82, 2.24) is 15.0 Å². The highest BCUT2D eigenvalue weighted by Crippen LogP contribution is 2.20. The lowest BCUT2D eigenvalue weighted by Crippen LogP contribution is -2.02. The van der Waals surface area contributed by atoms with Gasteiger partial charge in [-0.05, 0) is 26.0 Å². The van der Waals surface area contributed by atoms with Gasteiger partial charge >= 0.3 is 0 Å². The van der Waals surface area contributed by atoms with E-state index in [-0.39, 0.29) is 0 Å². The van der Waals surface area contributed by atoms with E-state index in [1.54, 1.807) is 0 Å². The summed E-state index contributed by atoms with van der Waals surface area (Å²) in [5, 5.41) is 0. The van der Waals surface area contributed by atoms with Crippen molar-refractivity contribution in [2.75, 3.05) is 5.73 Å². The zero-order valence-electron chi connectivity index (χ0n) is 8.20. The number of aromatic nitrogens is 3. The van der Waals surface area contributed by atoms with Gasteiger partial charge in [0.2, 0.25) is 0 Å². The molecule has 14 heavy (non-hydrogen) atoms. The quantitative estimate of drug-likeness (QED) is 0.715. The van der Waals surface area contributed by atoms with Gasteiger partial charge in [-0.2, -0.15) is 0 Å². The lowest BCUT2D eigenvalue weighted by atomic mass is 10.2. The van der Waals surface area contributed by atoms with Crippen LogP contribution in [0, 0.1) is 13.8 Å². The number of nitrogens with one attached hydrogen (secondary N) is 1. The summed E-state index contributed by atoms with van der Waals surface area (Å²) in [4.78, 5) is 11.7. The number of nitrogens with zero attached hydrogens (tertiary/aromatic N) is 2. The summed E-state index contributed by atoms with van der Waals surface area (Å²) in [6.07, 6.45) is 1.84. The predicted molar refractivity (Wildman–Crippen MR) is 55.7 cm³/mol. The van der Waals surface area contributed by atoms with Crippen LogP contribution in [-0.4, -0.2) is 15.0 Å². The van der Waals surface area contributed by atoms with E-state index in [4.69, 9.17) is 5.73 Å². The average molecular weight is 188 g/mol. The van der Waals surface area contributed by atoms with Crippen LogP contribution in [0.5, 0.6) is 0 Å². The molecule has 0 saturated heterocycles. The number of rotatable bonds is 1. The predicted octanol–water partition coefficient (Wildman–Crippen LogP) is 1.67. The van der Waals surface area contributed by atoms with E-state index in [0.717, 1.165) is 22.8 Å². The molecule has 0 aliphatic rings. The van der Waals surface area contributed by atoms with E-state index < -0.39 is 0 Å². The molecule has 0 spiro atoms. The highest BCUT2D eigenvalue weighted by atomic mass is 14.9. The normalized spacial score (nSPS) is 10.4. The number of aromatic amines is 1. The topological polar surface area (TPSA) is 67.6 Å². The third-order valence-electron chi connectivity index (χ3n) is 2.19. The van der Waals surface area contributed by atoms with Crippen LogP contribution in [0.25, 0.3) is 11.4 Å². The monoisotopic (exact) mass is 188 g/mol. The van der Waals surface area contributed by atoms with Crippen LogP contribution >= 0.6 is 0 Å². The largest absolute Gasteiger partial charge is 0.382 e. The van der Waals surface area contributed by atoms with Crippen LogP contribution < -0.4 is 5.73 Å². The van der Waals surface area contributed by atoms with Gasteiger partial charge in [0.15, 0.2) is 5.82 Å². The lowest BCUT2D eigenvalue weighted by molar-refractivity contribution is 1.06. The molecule has 0 saturated carbocycles. The highest BCUT2D eigenvalue weighted by Gasteiger charge is 2.08. The number of anilines is 1. The van der Waals surface area contributed by atoms with Gasteiger partial charge in [-0.3, -0.25) is 0 Å². The molecule has 0 aromatic carbocycles. The maximum atomic E-state index is 5.79. The SMILES string of the molecule is Cc1nc(N)c(-c2ccc[nH]2)nc1C. The van der Waals surface area contributed by atoms with Crippen molar-refractivity contribution in [1.29, 1.82) is 0 Å². The van der Waals surface area contributed by atoms with Gasteiger partial charge in [0.05, 0.1) is 17.1 Å². The minimum Gasteiger partial charge on any atom is -0.382 e. The van der Waals surface area contributed by atoms with Crippen LogP contribution in [0.3, 0.4) is 0 Å². The maximum Gasteiger partial charge on any atom is 0.151 e. The lowest BCUT2D eigenvalue weighted by Gasteiger charge is -2.05. The molecule has 4 nitrogen and oxygen atoms in total. The second-order valence-corrected chi connectivity index (χ2v) is 3.21. The summed E-state index contributed by atoms with van der Waals surface area (Å²) >= 11 is 0. The van der Waals surface area contributed by atoms with Gasteiger partial charge in [-0.15, -0.1) is 0 Å². The Morgan fingerprint density at radius 1 is 1.21 bits per heavy atom. The molecule has 3 N–H and O–H groups in total. The Labute approximate surface area is 82.2 Å². The molecule has 2 heterocycles. The molecule has 0 amide bonds. The van der Waals surface area contributed by atoms with Crippen LogP contribution in [-0.2, 0) is 0 Å². The van der Waals surface area contributed by atoms with Crippen molar-refractivity contribution in [3.05, 3.63) is 29.7 Å². The highest BCUT2D eigenvalue weighted by molar-refractivity contribution is 5.66. The molecule has 2 rings (SSSR count). The molecule has 0 atom stereocenters. The third-order valence-corrected chi connectivity index (χ3v) is 2.19. The van der Waals surface area contributed by atoms with Crippen molar-refractivity contribution in [3.8, 4) is 11.4 Å². The first kappa shape index (κ1) is 8.74. The van der Waals surface area contributed by atoms with E-state index >= 15 is 0 Å². The first-order chi connectivity index (χ1) is 6.68. The fraction of sp³-hybridized carbons (Fsp3) is 0.200. The summed E-state index contributed by atoms with van der Waals surface area (Å²) in [7, 11) is 0. The van der Waals surface area contributed by atoms with Crippen molar-refractivity contribution < 1.29 is 0 Å². The molecular weight excluding hydrogens is 176 g/mol. The molecule has 4 heteroatoms. The standard InChI is InChI=1S/C10H12N4/c1-6-7(2)14-10(11)9(13-6)8-4-3-5-12-8/h3-5,12H,1-2H3,(H2,11,14). The van der Waals surface area contributed by atoms with E-state index in [9.17, 15) is 0 Å². The fourth-order valence-corrected chi connectivity index (χ4v) is 1.30. The second-order valence-electron chi connectivity index (χ2n) is 3.21. The van der Waals surface area contributed by atoms with Crippen molar-refractivity contribution in [2.45, 2.75) is 13.8 Å². The zero-order valence-corrected chi connectivity index (χ0v) is 8.20.